The Kier molecular flexibility index (Phi) is 2.36. The lowest BCUT2D eigenvalue weighted by Gasteiger charge is -2.19. The van der Waals surface area contributed by atoms with E-state index in [4.69, 9.17) is 21.7 Å². The molecule has 6 heteroatoms. The first-order valence-electron chi connectivity index (χ1n) is 5.30. The highest BCUT2D eigenvalue weighted by Crippen LogP contribution is 2.32. The summed E-state index contributed by atoms with van der Waals surface area (Å²) >= 11 is 5.18. The first kappa shape index (κ1) is 10.3. The summed E-state index contributed by atoms with van der Waals surface area (Å²) in [5.41, 5.74) is 0.922. The fraction of sp³-hybridized carbons (Fsp3) is 0.273. The Balaban J connectivity index is 2.13. The van der Waals surface area contributed by atoms with Crippen molar-refractivity contribution in [3.63, 3.8) is 0 Å². The van der Waals surface area contributed by atoms with Gasteiger partial charge in [-0.15, -0.1) is 0 Å². The van der Waals surface area contributed by atoms with Crippen molar-refractivity contribution in [2.45, 2.75) is 6.92 Å². The summed E-state index contributed by atoms with van der Waals surface area (Å²) in [4.78, 5) is 0. The maximum Gasteiger partial charge on any atom is 0.199 e. The van der Waals surface area contributed by atoms with Crippen LogP contribution in [0.3, 0.4) is 0 Å². The van der Waals surface area contributed by atoms with Crippen LogP contribution in [0.2, 0.25) is 0 Å². The van der Waals surface area contributed by atoms with Crippen LogP contribution in [0.1, 0.15) is 5.82 Å². The number of H-pyrrole nitrogens is 1. The molecule has 0 bridgehead atoms. The highest BCUT2D eigenvalue weighted by Gasteiger charge is 2.13. The molecule has 0 saturated carbocycles. The minimum atomic E-state index is 0.569. The molecule has 88 valence electrons. The first-order chi connectivity index (χ1) is 8.25. The molecule has 1 N–H and O–H groups in total. The van der Waals surface area contributed by atoms with E-state index in [2.05, 4.69) is 10.2 Å². The first-order valence-corrected chi connectivity index (χ1v) is 5.70. The molecule has 0 unspecified atom stereocenters. The number of hydrogen-bond acceptors (Lipinski definition) is 4. The van der Waals surface area contributed by atoms with Crippen molar-refractivity contribution >= 4 is 12.2 Å². The van der Waals surface area contributed by atoms with Gasteiger partial charge in [-0.3, -0.25) is 9.67 Å². The zero-order valence-electron chi connectivity index (χ0n) is 9.27. The lowest BCUT2D eigenvalue weighted by Crippen LogP contribution is -2.15. The summed E-state index contributed by atoms with van der Waals surface area (Å²) in [6.07, 6.45) is 0. The topological polar surface area (TPSA) is 52.1 Å². The van der Waals surface area contributed by atoms with Crippen molar-refractivity contribution in [2.75, 3.05) is 13.2 Å². The van der Waals surface area contributed by atoms with Gasteiger partial charge in [-0.25, -0.2) is 0 Å². The van der Waals surface area contributed by atoms with Gasteiger partial charge in [0.15, 0.2) is 16.3 Å². The van der Waals surface area contributed by atoms with Gasteiger partial charge in [-0.1, -0.05) is 0 Å². The van der Waals surface area contributed by atoms with Crippen molar-refractivity contribution in [1.82, 2.24) is 14.8 Å². The number of aromatic nitrogens is 3. The molecular weight excluding hydrogens is 238 g/mol. The molecule has 0 amide bonds. The number of benzene rings is 1. The van der Waals surface area contributed by atoms with E-state index in [1.165, 1.54) is 0 Å². The summed E-state index contributed by atoms with van der Waals surface area (Å²) in [6, 6.07) is 5.73. The van der Waals surface area contributed by atoms with Gasteiger partial charge in [0.25, 0.3) is 0 Å². The molecule has 5 nitrogen and oxygen atoms in total. The highest BCUT2D eigenvalue weighted by molar-refractivity contribution is 7.71. The van der Waals surface area contributed by atoms with E-state index >= 15 is 0 Å². The Labute approximate surface area is 103 Å². The normalized spacial score (nSPS) is 13.7. The lowest BCUT2D eigenvalue weighted by atomic mass is 10.2. The summed E-state index contributed by atoms with van der Waals surface area (Å²) in [5.74, 6) is 2.33. The third kappa shape index (κ3) is 1.70. The molecule has 0 fully saturated rings. The standard InChI is InChI=1S/C11H11N3O2S/c1-7-12-13-11(17)14(7)8-2-3-9-10(6-8)16-5-4-15-9/h2-3,6H,4-5H2,1H3,(H,13,17). The van der Waals surface area contributed by atoms with Crippen molar-refractivity contribution in [2.24, 2.45) is 0 Å². The molecule has 17 heavy (non-hydrogen) atoms. The molecule has 3 rings (SSSR count). The minimum absolute atomic E-state index is 0.569. The van der Waals surface area contributed by atoms with Gasteiger partial charge in [0.2, 0.25) is 0 Å². The van der Waals surface area contributed by atoms with Gasteiger partial charge < -0.3 is 9.47 Å². The van der Waals surface area contributed by atoms with E-state index in [0.717, 1.165) is 23.0 Å². The van der Waals surface area contributed by atoms with Crippen molar-refractivity contribution < 1.29 is 9.47 Å². The Morgan fingerprint density at radius 3 is 2.76 bits per heavy atom. The Hall–Kier alpha value is -1.82. The monoisotopic (exact) mass is 249 g/mol. The third-order valence-electron chi connectivity index (χ3n) is 2.62. The van der Waals surface area contributed by atoms with Crippen LogP contribution in [0.15, 0.2) is 18.2 Å². The van der Waals surface area contributed by atoms with Gasteiger partial charge in [-0.05, 0) is 31.3 Å². The number of nitrogens with zero attached hydrogens (tertiary/aromatic N) is 2. The van der Waals surface area contributed by atoms with Gasteiger partial charge in [0.1, 0.15) is 19.0 Å². The van der Waals surface area contributed by atoms with Crippen LogP contribution in [-0.2, 0) is 0 Å². The van der Waals surface area contributed by atoms with Gasteiger partial charge in [-0.2, -0.15) is 5.10 Å². The molecule has 2 heterocycles. The number of fused-ring (bicyclic) bond motifs is 1. The van der Waals surface area contributed by atoms with Crippen LogP contribution in [0.4, 0.5) is 0 Å². The summed E-state index contributed by atoms with van der Waals surface area (Å²) < 4.78 is 13.4. The fourth-order valence-electron chi connectivity index (χ4n) is 1.85. The molecule has 1 aromatic carbocycles. The molecule has 0 atom stereocenters. The average Bonchev–Trinajstić information content (AvgIpc) is 2.68. The summed E-state index contributed by atoms with van der Waals surface area (Å²) in [6.45, 7) is 3.06. The molecule has 0 aliphatic carbocycles. The van der Waals surface area contributed by atoms with Crippen molar-refractivity contribution in [3.05, 3.63) is 28.8 Å². The number of nitrogens with one attached hydrogen (secondary N) is 1. The minimum Gasteiger partial charge on any atom is -0.486 e. The second-order valence-corrected chi connectivity index (χ2v) is 4.13. The van der Waals surface area contributed by atoms with Gasteiger partial charge >= 0.3 is 0 Å². The van der Waals surface area contributed by atoms with E-state index in [1.54, 1.807) is 0 Å². The summed E-state index contributed by atoms with van der Waals surface area (Å²) in [7, 11) is 0. The number of aryl methyl sites for hydroxylation is 1. The van der Waals surface area contributed by atoms with Crippen molar-refractivity contribution in [3.8, 4) is 17.2 Å². The zero-order chi connectivity index (χ0) is 11.8. The van der Waals surface area contributed by atoms with Gasteiger partial charge in [0, 0.05) is 6.07 Å². The molecule has 1 aliphatic heterocycles. The molecule has 2 aromatic rings. The Morgan fingerprint density at radius 1 is 1.29 bits per heavy atom. The number of rotatable bonds is 1. The molecule has 0 saturated heterocycles. The largest absolute Gasteiger partial charge is 0.486 e. The fourth-order valence-corrected chi connectivity index (χ4v) is 2.13. The van der Waals surface area contributed by atoms with Crippen LogP contribution in [-0.4, -0.2) is 28.0 Å². The number of hydrogen-bond donors (Lipinski definition) is 1. The van der Waals surface area contributed by atoms with E-state index in [1.807, 2.05) is 29.7 Å². The zero-order valence-corrected chi connectivity index (χ0v) is 10.1. The molecule has 1 aromatic heterocycles. The van der Waals surface area contributed by atoms with Crippen LogP contribution in [0.5, 0.6) is 11.5 Å². The predicted molar refractivity (Wildman–Crippen MR) is 64.5 cm³/mol. The Bertz CT molecular complexity index is 617. The van der Waals surface area contributed by atoms with Crippen LogP contribution < -0.4 is 9.47 Å². The Morgan fingerprint density at radius 2 is 2.06 bits per heavy atom. The highest BCUT2D eigenvalue weighted by atomic mass is 32.1. The summed E-state index contributed by atoms with van der Waals surface area (Å²) in [5, 5.41) is 6.84. The SMILES string of the molecule is Cc1n[nH]c(=S)n1-c1ccc2c(c1)OCCO2. The number of aromatic amines is 1. The van der Waals surface area contributed by atoms with Crippen LogP contribution in [0, 0.1) is 11.7 Å². The lowest BCUT2D eigenvalue weighted by molar-refractivity contribution is 0.171. The van der Waals surface area contributed by atoms with E-state index < -0.39 is 0 Å². The molecular formula is C11H11N3O2S. The molecule has 0 radical (unpaired) electrons. The van der Waals surface area contributed by atoms with Crippen LogP contribution in [0.25, 0.3) is 5.69 Å². The third-order valence-corrected chi connectivity index (χ3v) is 2.90. The molecule has 1 aliphatic rings. The second kappa shape index (κ2) is 3.89. The average molecular weight is 249 g/mol. The van der Waals surface area contributed by atoms with E-state index in [-0.39, 0.29) is 0 Å². The van der Waals surface area contributed by atoms with E-state index in [0.29, 0.717) is 18.0 Å². The predicted octanol–water partition coefficient (Wildman–Crippen LogP) is 2.01. The maximum atomic E-state index is 5.54. The second-order valence-electron chi connectivity index (χ2n) is 3.74. The van der Waals surface area contributed by atoms with Crippen LogP contribution >= 0.6 is 12.2 Å². The molecule has 0 spiro atoms. The smallest absolute Gasteiger partial charge is 0.199 e. The van der Waals surface area contributed by atoms with E-state index in [9.17, 15) is 0 Å². The van der Waals surface area contributed by atoms with Crippen molar-refractivity contribution in [1.29, 1.82) is 0 Å². The quantitative estimate of drug-likeness (QED) is 0.785. The number of ether oxygens (including phenoxy) is 2. The van der Waals surface area contributed by atoms with Gasteiger partial charge in [0.05, 0.1) is 5.69 Å². The maximum absolute atomic E-state index is 5.54.